The lowest BCUT2D eigenvalue weighted by Gasteiger charge is -2.09. The Morgan fingerprint density at radius 3 is 1.56 bits per heavy atom. The molecule has 0 aromatic rings. The van der Waals surface area contributed by atoms with Crippen LogP contribution in [0.4, 0.5) is 0 Å². The smallest absolute Gasteiger partial charge is 0.0697 e. The first-order valence-electron chi connectivity index (χ1n) is 6.56. The van der Waals surface area contributed by atoms with Crippen LogP contribution in [-0.2, 0) is 0 Å². The summed E-state index contributed by atoms with van der Waals surface area (Å²) in [5, 5.41) is 0. The Kier molecular flexibility index (Phi) is 15.9. The third-order valence-corrected chi connectivity index (χ3v) is 10.2. The van der Waals surface area contributed by atoms with Gasteiger partial charge in [0.05, 0.1) is 5.53 Å². The van der Waals surface area contributed by atoms with Crippen LogP contribution < -0.4 is 0 Å². The van der Waals surface area contributed by atoms with Crippen LogP contribution in [0.2, 0.25) is 0 Å². The van der Waals surface area contributed by atoms with Gasteiger partial charge in [0.25, 0.3) is 0 Å². The van der Waals surface area contributed by atoms with E-state index in [0.717, 1.165) is 0 Å². The summed E-state index contributed by atoms with van der Waals surface area (Å²) in [5.41, 5.74) is -0.0945. The van der Waals surface area contributed by atoms with Crippen LogP contribution in [0.3, 0.4) is 0 Å². The summed E-state index contributed by atoms with van der Waals surface area (Å²) in [6.07, 6.45) is 11.1. The predicted molar refractivity (Wildman–Crippen MR) is 89.1 cm³/mol. The standard InChI is InChI=1S/C12H27PS3/c1-3-5-7-9-11-15-13(14)16-12-10-8-6-4-2/h14H,3-12H2,1-2H3. The monoisotopic (exact) mass is 298 g/mol. The lowest BCUT2D eigenvalue weighted by molar-refractivity contribution is 0.707. The highest BCUT2D eigenvalue weighted by Gasteiger charge is 2.03. The molecular weight excluding hydrogens is 271 g/mol. The molecule has 98 valence electrons. The van der Waals surface area contributed by atoms with Gasteiger partial charge < -0.3 is 0 Å². The van der Waals surface area contributed by atoms with Crippen molar-refractivity contribution in [3.63, 3.8) is 0 Å². The minimum absolute atomic E-state index is 0.0945. The second kappa shape index (κ2) is 14.5. The first kappa shape index (κ1) is 17.5. The molecule has 0 atom stereocenters. The fourth-order valence-corrected chi connectivity index (χ4v) is 7.85. The molecule has 0 radical (unpaired) electrons. The minimum atomic E-state index is -0.0945. The molecule has 0 aromatic carbocycles. The first-order valence-corrected chi connectivity index (χ1v) is 12.2. The van der Waals surface area contributed by atoms with Gasteiger partial charge in [-0.1, -0.05) is 52.4 Å². The zero-order valence-electron chi connectivity index (χ0n) is 10.8. The molecule has 0 saturated carbocycles. The summed E-state index contributed by atoms with van der Waals surface area (Å²) in [5.74, 6) is 2.63. The summed E-state index contributed by atoms with van der Waals surface area (Å²) in [6, 6.07) is 0. The van der Waals surface area contributed by atoms with E-state index in [0.29, 0.717) is 0 Å². The number of hydrogen-bond acceptors (Lipinski definition) is 3. The van der Waals surface area contributed by atoms with Crippen molar-refractivity contribution < 1.29 is 0 Å². The Morgan fingerprint density at radius 2 is 1.19 bits per heavy atom. The second-order valence-corrected chi connectivity index (χ2v) is 13.1. The maximum atomic E-state index is 4.67. The Hall–Kier alpha value is 1.48. The molecule has 0 aromatic heterocycles. The van der Waals surface area contributed by atoms with Crippen LogP contribution >= 0.6 is 40.5 Å². The van der Waals surface area contributed by atoms with Crippen molar-refractivity contribution in [1.82, 2.24) is 0 Å². The first-order chi connectivity index (χ1) is 7.81. The van der Waals surface area contributed by atoms with Gasteiger partial charge in [0.15, 0.2) is 0 Å². The van der Waals surface area contributed by atoms with Crippen molar-refractivity contribution in [3.05, 3.63) is 0 Å². The fourth-order valence-electron chi connectivity index (χ4n) is 1.38. The van der Waals surface area contributed by atoms with Crippen LogP contribution in [0.25, 0.3) is 0 Å². The fraction of sp³-hybridized carbons (Fsp3) is 1.00. The highest BCUT2D eigenvalue weighted by molar-refractivity contribution is 9.09. The van der Waals surface area contributed by atoms with E-state index in [9.17, 15) is 0 Å². The molecule has 0 N–H and O–H groups in total. The summed E-state index contributed by atoms with van der Waals surface area (Å²) < 4.78 is 0. The van der Waals surface area contributed by atoms with Crippen LogP contribution in [0.1, 0.15) is 65.2 Å². The Bertz CT molecular complexity index is 119. The molecule has 0 aliphatic rings. The molecule has 0 amide bonds. The molecule has 0 aliphatic heterocycles. The van der Waals surface area contributed by atoms with Gasteiger partial charge in [-0.15, -0.1) is 35.0 Å². The Balaban J connectivity index is 3.09. The second-order valence-electron chi connectivity index (χ2n) is 4.03. The zero-order valence-corrected chi connectivity index (χ0v) is 14.2. The van der Waals surface area contributed by atoms with Gasteiger partial charge in [0.2, 0.25) is 0 Å². The normalized spacial score (nSPS) is 11.2. The lowest BCUT2D eigenvalue weighted by atomic mass is 10.2. The summed E-state index contributed by atoms with van der Waals surface area (Å²) >= 11 is 8.84. The van der Waals surface area contributed by atoms with Gasteiger partial charge in [-0.25, -0.2) is 0 Å². The van der Waals surface area contributed by atoms with Crippen molar-refractivity contribution in [2.45, 2.75) is 65.2 Å². The topological polar surface area (TPSA) is 0 Å². The van der Waals surface area contributed by atoms with Gasteiger partial charge >= 0.3 is 0 Å². The molecule has 0 aliphatic carbocycles. The quantitative estimate of drug-likeness (QED) is 0.240. The van der Waals surface area contributed by atoms with Crippen LogP contribution in [0, 0.1) is 0 Å². The highest BCUT2D eigenvalue weighted by atomic mass is 33.4. The molecular formula is C12H27PS3. The van der Waals surface area contributed by atoms with Crippen LogP contribution in [0.5, 0.6) is 0 Å². The molecule has 0 bridgehead atoms. The average molecular weight is 299 g/mol. The maximum Gasteiger partial charge on any atom is 0.0697 e. The van der Waals surface area contributed by atoms with E-state index in [1.54, 1.807) is 0 Å². The van der Waals surface area contributed by atoms with E-state index in [1.807, 2.05) is 0 Å². The summed E-state index contributed by atoms with van der Waals surface area (Å²) in [7, 11) is 0. The van der Waals surface area contributed by atoms with Gasteiger partial charge in [-0.05, 0) is 24.3 Å². The number of rotatable bonds is 12. The van der Waals surface area contributed by atoms with Crippen molar-refractivity contribution in [2.75, 3.05) is 11.5 Å². The van der Waals surface area contributed by atoms with E-state index in [4.69, 9.17) is 0 Å². The molecule has 0 unspecified atom stereocenters. The van der Waals surface area contributed by atoms with Crippen LogP contribution in [0.15, 0.2) is 0 Å². The molecule has 0 fully saturated rings. The maximum absolute atomic E-state index is 4.67. The van der Waals surface area contributed by atoms with E-state index in [1.165, 1.54) is 62.9 Å². The highest BCUT2D eigenvalue weighted by Crippen LogP contribution is 2.64. The molecule has 4 heteroatoms. The third-order valence-electron chi connectivity index (χ3n) is 2.40. The Morgan fingerprint density at radius 1 is 0.750 bits per heavy atom. The van der Waals surface area contributed by atoms with E-state index < -0.39 is 0 Å². The summed E-state index contributed by atoms with van der Waals surface area (Å²) in [4.78, 5) is 0. The van der Waals surface area contributed by atoms with E-state index >= 15 is 0 Å². The average Bonchev–Trinajstić information content (AvgIpc) is 2.28. The third kappa shape index (κ3) is 13.5. The van der Waals surface area contributed by atoms with Crippen LogP contribution in [-0.4, -0.2) is 11.5 Å². The van der Waals surface area contributed by atoms with E-state index in [-0.39, 0.29) is 5.53 Å². The van der Waals surface area contributed by atoms with Crippen molar-refractivity contribution >= 4 is 40.5 Å². The molecule has 16 heavy (non-hydrogen) atoms. The molecule has 0 saturated heterocycles. The predicted octanol–water partition coefficient (Wildman–Crippen LogP) is 6.77. The van der Waals surface area contributed by atoms with Crippen molar-refractivity contribution in [1.29, 1.82) is 0 Å². The van der Waals surface area contributed by atoms with Gasteiger partial charge in [0.1, 0.15) is 0 Å². The largest absolute Gasteiger partial charge is 0.130 e. The molecule has 0 spiro atoms. The molecule has 0 nitrogen and oxygen atoms in total. The van der Waals surface area contributed by atoms with Gasteiger partial charge in [-0.2, -0.15) is 0 Å². The number of thiol groups is 1. The summed E-state index contributed by atoms with van der Waals surface area (Å²) in [6.45, 7) is 4.54. The minimum Gasteiger partial charge on any atom is -0.130 e. The SMILES string of the molecule is CCCCCCSP(S)SCCCCCC. The van der Waals surface area contributed by atoms with Gasteiger partial charge in [0, 0.05) is 0 Å². The van der Waals surface area contributed by atoms with Crippen molar-refractivity contribution in [3.8, 4) is 0 Å². The van der Waals surface area contributed by atoms with Crippen molar-refractivity contribution in [2.24, 2.45) is 0 Å². The molecule has 0 rings (SSSR count). The Labute approximate surface area is 117 Å². The zero-order chi connectivity index (χ0) is 12.1. The molecule has 0 heterocycles. The van der Waals surface area contributed by atoms with Gasteiger partial charge in [-0.3, -0.25) is 0 Å². The lowest BCUT2D eigenvalue weighted by Crippen LogP contribution is -1.79. The number of hydrogen-bond donors (Lipinski definition) is 1. The number of unbranched alkanes of at least 4 members (excludes halogenated alkanes) is 6. The van der Waals surface area contributed by atoms with E-state index in [2.05, 4.69) is 48.9 Å².